The van der Waals surface area contributed by atoms with Crippen molar-refractivity contribution in [3.05, 3.63) is 69.9 Å². The van der Waals surface area contributed by atoms with Crippen molar-refractivity contribution in [3.8, 4) is 12.1 Å². The van der Waals surface area contributed by atoms with Crippen molar-refractivity contribution in [3.63, 3.8) is 0 Å². The van der Waals surface area contributed by atoms with Crippen molar-refractivity contribution in [2.24, 2.45) is 0 Å². The van der Waals surface area contributed by atoms with Crippen molar-refractivity contribution in [1.82, 2.24) is 9.97 Å². The summed E-state index contributed by atoms with van der Waals surface area (Å²) in [4.78, 5) is 11.8. The zero-order chi connectivity index (χ0) is 22.0. The van der Waals surface area contributed by atoms with Gasteiger partial charge in [0.1, 0.15) is 5.82 Å². The van der Waals surface area contributed by atoms with E-state index in [-0.39, 0.29) is 0 Å². The van der Waals surface area contributed by atoms with Crippen LogP contribution in [0.2, 0.25) is 0 Å². The highest BCUT2D eigenvalue weighted by Crippen LogP contribution is 2.39. The first-order valence-corrected chi connectivity index (χ1v) is 10.4. The van der Waals surface area contributed by atoms with Gasteiger partial charge in [-0.1, -0.05) is 12.1 Å². The van der Waals surface area contributed by atoms with Gasteiger partial charge in [-0.25, -0.2) is 4.98 Å². The fourth-order valence-corrected chi connectivity index (χ4v) is 4.27. The number of aryl methyl sites for hydroxylation is 4. The molecule has 1 aliphatic rings. The van der Waals surface area contributed by atoms with Crippen LogP contribution in [0.5, 0.6) is 0 Å². The van der Waals surface area contributed by atoms with E-state index < -0.39 is 0 Å². The van der Waals surface area contributed by atoms with Gasteiger partial charge in [0, 0.05) is 35.6 Å². The molecule has 3 aromatic rings. The minimum absolute atomic E-state index is 0.529. The second-order valence-electron chi connectivity index (χ2n) is 7.89. The fourth-order valence-electron chi connectivity index (χ4n) is 4.27. The fraction of sp³-hybridized carbons (Fsp3) is 0.280. The third-order valence-electron chi connectivity index (χ3n) is 5.65. The van der Waals surface area contributed by atoms with Gasteiger partial charge in [0.25, 0.3) is 0 Å². The van der Waals surface area contributed by atoms with Crippen molar-refractivity contribution < 1.29 is 0 Å². The molecule has 1 aliphatic heterocycles. The van der Waals surface area contributed by atoms with E-state index in [1.807, 2.05) is 19.1 Å². The Hall–Kier alpha value is -3.90. The first-order valence-electron chi connectivity index (χ1n) is 10.4. The molecule has 0 atom stereocenters. The number of nitrogens with zero attached hydrogens (tertiary/aromatic N) is 5. The summed E-state index contributed by atoms with van der Waals surface area (Å²) in [7, 11) is 0. The molecular formula is C25H24N6. The van der Waals surface area contributed by atoms with Crippen molar-refractivity contribution in [2.45, 2.75) is 40.0 Å². The Morgan fingerprint density at radius 1 is 1.03 bits per heavy atom. The predicted octanol–water partition coefficient (Wildman–Crippen LogP) is 5.17. The van der Waals surface area contributed by atoms with Crippen molar-refractivity contribution >= 4 is 23.1 Å². The van der Waals surface area contributed by atoms with E-state index in [0.717, 1.165) is 36.6 Å². The van der Waals surface area contributed by atoms with E-state index in [4.69, 9.17) is 15.5 Å². The third-order valence-corrected chi connectivity index (χ3v) is 5.65. The summed E-state index contributed by atoms with van der Waals surface area (Å²) >= 11 is 0. The molecule has 0 bridgehead atoms. The minimum Gasteiger partial charge on any atom is -0.325 e. The molecule has 0 unspecified atom stereocenters. The SMILES string of the molecule is Cc1cc(CCC#N)cc(C)c1N1CCc2c(C)nc(Nc3ccc(C#N)cc3)nc21. The Kier molecular flexibility index (Phi) is 5.56. The Morgan fingerprint density at radius 2 is 1.74 bits per heavy atom. The lowest BCUT2D eigenvalue weighted by Gasteiger charge is -2.24. The van der Waals surface area contributed by atoms with Gasteiger partial charge < -0.3 is 10.2 Å². The van der Waals surface area contributed by atoms with Crippen LogP contribution in [-0.4, -0.2) is 16.5 Å². The number of nitriles is 2. The molecule has 1 N–H and O–H groups in total. The van der Waals surface area contributed by atoms with Crippen LogP contribution in [0.3, 0.4) is 0 Å². The molecule has 0 saturated carbocycles. The molecule has 31 heavy (non-hydrogen) atoms. The highest BCUT2D eigenvalue weighted by Gasteiger charge is 2.27. The van der Waals surface area contributed by atoms with Gasteiger partial charge in [-0.15, -0.1) is 0 Å². The minimum atomic E-state index is 0.529. The summed E-state index contributed by atoms with van der Waals surface area (Å²) in [5.41, 5.74) is 8.38. The van der Waals surface area contributed by atoms with Crippen molar-refractivity contribution in [1.29, 1.82) is 10.5 Å². The highest BCUT2D eigenvalue weighted by molar-refractivity contribution is 5.74. The molecule has 0 saturated heterocycles. The first-order chi connectivity index (χ1) is 15.0. The summed E-state index contributed by atoms with van der Waals surface area (Å²) in [6.45, 7) is 7.14. The van der Waals surface area contributed by atoms with Crippen LogP contribution >= 0.6 is 0 Å². The van der Waals surface area contributed by atoms with E-state index in [0.29, 0.717) is 17.9 Å². The van der Waals surface area contributed by atoms with Gasteiger partial charge in [-0.05, 0) is 74.6 Å². The van der Waals surface area contributed by atoms with Crippen LogP contribution in [-0.2, 0) is 12.8 Å². The maximum atomic E-state index is 8.99. The molecule has 1 aromatic heterocycles. The Morgan fingerprint density at radius 3 is 2.39 bits per heavy atom. The van der Waals surface area contributed by atoms with Crippen molar-refractivity contribution in [2.75, 3.05) is 16.8 Å². The van der Waals surface area contributed by atoms with Gasteiger partial charge in [0.05, 0.1) is 17.7 Å². The zero-order valence-electron chi connectivity index (χ0n) is 18.0. The van der Waals surface area contributed by atoms with E-state index >= 15 is 0 Å². The molecule has 2 aromatic carbocycles. The number of hydrogen-bond acceptors (Lipinski definition) is 6. The van der Waals surface area contributed by atoms with Gasteiger partial charge >= 0.3 is 0 Å². The molecule has 6 heteroatoms. The average molecular weight is 409 g/mol. The third kappa shape index (κ3) is 4.06. The standard InChI is InChI=1S/C25H24N6/c1-16-13-20(5-4-11-26)14-17(2)23(16)31-12-10-22-18(3)28-25(30-24(22)31)29-21-8-6-19(15-27)7-9-21/h6-9,13-14H,4-5,10,12H2,1-3H3,(H,28,29,30). The lowest BCUT2D eigenvalue weighted by molar-refractivity contribution is 0.964. The van der Waals surface area contributed by atoms with Crippen LogP contribution < -0.4 is 10.2 Å². The quantitative estimate of drug-likeness (QED) is 0.627. The molecule has 4 rings (SSSR count). The molecule has 6 nitrogen and oxygen atoms in total. The number of hydrogen-bond donors (Lipinski definition) is 1. The Balaban J connectivity index is 1.68. The van der Waals surface area contributed by atoms with Crippen LogP contribution in [0.1, 0.15) is 39.9 Å². The molecule has 154 valence electrons. The van der Waals surface area contributed by atoms with Gasteiger partial charge in [0.2, 0.25) is 5.95 Å². The number of anilines is 4. The largest absolute Gasteiger partial charge is 0.325 e. The smallest absolute Gasteiger partial charge is 0.229 e. The second-order valence-corrected chi connectivity index (χ2v) is 7.89. The Bertz CT molecular complexity index is 1190. The van der Waals surface area contributed by atoms with E-state index in [2.05, 4.69) is 53.3 Å². The summed E-state index contributed by atoms with van der Waals surface area (Å²) in [6, 6.07) is 16.0. The summed E-state index contributed by atoms with van der Waals surface area (Å²) < 4.78 is 0. The maximum absolute atomic E-state index is 8.99. The molecule has 0 fully saturated rings. The summed E-state index contributed by atoms with van der Waals surface area (Å²) in [6.07, 6.45) is 2.21. The monoisotopic (exact) mass is 408 g/mol. The van der Waals surface area contributed by atoms with Crippen LogP contribution in [0.15, 0.2) is 36.4 Å². The number of aromatic nitrogens is 2. The first kappa shape index (κ1) is 20.4. The van der Waals surface area contributed by atoms with Gasteiger partial charge in [-0.2, -0.15) is 15.5 Å². The summed E-state index contributed by atoms with van der Waals surface area (Å²) in [5, 5.41) is 21.2. The lowest BCUT2D eigenvalue weighted by atomic mass is 10.0. The van der Waals surface area contributed by atoms with E-state index in [1.165, 1.54) is 27.9 Å². The molecule has 0 aliphatic carbocycles. The topological polar surface area (TPSA) is 88.6 Å². The van der Waals surface area contributed by atoms with Gasteiger partial charge in [0.15, 0.2) is 0 Å². The molecule has 0 radical (unpaired) electrons. The van der Waals surface area contributed by atoms with E-state index in [9.17, 15) is 0 Å². The maximum Gasteiger partial charge on any atom is 0.229 e. The molecule has 2 heterocycles. The summed E-state index contributed by atoms with van der Waals surface area (Å²) in [5.74, 6) is 1.49. The Labute approximate surface area is 182 Å². The lowest BCUT2D eigenvalue weighted by Crippen LogP contribution is -2.17. The number of rotatable bonds is 5. The number of fused-ring (bicyclic) bond motifs is 1. The average Bonchev–Trinajstić information content (AvgIpc) is 3.16. The molecule has 0 amide bonds. The molecular weight excluding hydrogens is 384 g/mol. The normalized spacial score (nSPS) is 12.2. The number of benzene rings is 2. The zero-order valence-corrected chi connectivity index (χ0v) is 18.0. The van der Waals surface area contributed by atoms with Gasteiger partial charge in [-0.3, -0.25) is 0 Å². The van der Waals surface area contributed by atoms with Crippen LogP contribution in [0.25, 0.3) is 0 Å². The number of nitrogens with one attached hydrogen (secondary N) is 1. The van der Waals surface area contributed by atoms with Crippen LogP contribution in [0.4, 0.5) is 23.1 Å². The predicted molar refractivity (Wildman–Crippen MR) is 122 cm³/mol. The van der Waals surface area contributed by atoms with Crippen LogP contribution in [0, 0.1) is 43.4 Å². The molecule has 0 spiro atoms. The second kappa shape index (κ2) is 8.45. The highest BCUT2D eigenvalue weighted by atomic mass is 15.3. The van der Waals surface area contributed by atoms with E-state index in [1.54, 1.807) is 12.1 Å².